The van der Waals surface area contributed by atoms with E-state index in [1.165, 1.54) is 16.7 Å². The van der Waals surface area contributed by atoms with E-state index in [2.05, 4.69) is 41.3 Å². The molecule has 0 radical (unpaired) electrons. The van der Waals surface area contributed by atoms with Gasteiger partial charge in [-0.15, -0.1) is 0 Å². The van der Waals surface area contributed by atoms with Crippen molar-refractivity contribution in [1.29, 1.82) is 0 Å². The van der Waals surface area contributed by atoms with Crippen LogP contribution in [0.5, 0.6) is 5.75 Å². The fourth-order valence-corrected chi connectivity index (χ4v) is 4.45. The number of nitrogens with two attached hydrogens (primary N) is 1. The van der Waals surface area contributed by atoms with Gasteiger partial charge in [0.05, 0.1) is 7.11 Å². The largest absolute Gasteiger partial charge is 0.497 e. The van der Waals surface area contributed by atoms with Crippen molar-refractivity contribution in [2.75, 3.05) is 20.2 Å². The van der Waals surface area contributed by atoms with Crippen molar-refractivity contribution in [2.45, 2.75) is 51.0 Å². The zero-order valence-electron chi connectivity index (χ0n) is 19.4. The van der Waals surface area contributed by atoms with Crippen LogP contribution >= 0.6 is 0 Å². The van der Waals surface area contributed by atoms with E-state index in [1.807, 2.05) is 12.1 Å². The van der Waals surface area contributed by atoms with Crippen molar-refractivity contribution >= 4 is 13.3 Å². The molecule has 0 aliphatic carbocycles. The minimum atomic E-state index is -1.19. The van der Waals surface area contributed by atoms with Crippen LogP contribution in [0.4, 0.5) is 0 Å². The number of methoxy groups -OCH3 is 1. The number of likely N-dealkylation sites (tertiary alicyclic amines) is 1. The maximum Gasteiger partial charge on any atom is 0.451 e. The van der Waals surface area contributed by atoms with Gasteiger partial charge in [-0.3, -0.25) is 4.90 Å². The quantitative estimate of drug-likeness (QED) is 0.374. The van der Waals surface area contributed by atoms with Crippen LogP contribution in [0, 0.1) is 5.92 Å². The highest BCUT2D eigenvalue weighted by atomic mass is 16.5. The zero-order chi connectivity index (χ0) is 24.1. The average Bonchev–Trinajstić information content (AvgIpc) is 2.83. The van der Waals surface area contributed by atoms with Crippen molar-refractivity contribution in [3.63, 3.8) is 0 Å². The average molecular weight is 454 g/mol. The van der Waals surface area contributed by atoms with Gasteiger partial charge >= 0.3 is 13.3 Å². The van der Waals surface area contributed by atoms with Gasteiger partial charge in [0.25, 0.3) is 0 Å². The number of hydrogen-bond donors (Lipinski definition) is 3. The first-order valence-corrected chi connectivity index (χ1v) is 11.5. The van der Waals surface area contributed by atoms with E-state index < -0.39 is 7.12 Å². The summed E-state index contributed by atoms with van der Waals surface area (Å²) in [6.07, 6.45) is 5.71. The smallest absolute Gasteiger partial charge is 0.451 e. The lowest BCUT2D eigenvalue weighted by Gasteiger charge is -2.35. The second kappa shape index (κ2) is 14.6. The molecule has 1 heterocycles. The van der Waals surface area contributed by atoms with Crippen LogP contribution in [0.15, 0.2) is 48.5 Å². The molecule has 8 heteroatoms. The van der Waals surface area contributed by atoms with Crippen molar-refractivity contribution in [2.24, 2.45) is 11.7 Å². The van der Waals surface area contributed by atoms with Crippen molar-refractivity contribution in [1.82, 2.24) is 4.90 Å². The normalized spacial score (nSPS) is 15.2. The van der Waals surface area contributed by atoms with Gasteiger partial charge in [0.15, 0.2) is 0 Å². The number of benzene rings is 2. The predicted octanol–water partition coefficient (Wildman–Crippen LogP) is 2.96. The van der Waals surface area contributed by atoms with Gasteiger partial charge in [-0.05, 0) is 73.4 Å². The second-order valence-corrected chi connectivity index (χ2v) is 8.51. The molecule has 2 aromatic rings. The van der Waals surface area contributed by atoms with Crippen molar-refractivity contribution in [3.05, 3.63) is 54.1 Å². The Morgan fingerprint density at radius 1 is 1.12 bits per heavy atom. The molecule has 0 amide bonds. The van der Waals surface area contributed by atoms with Crippen LogP contribution in [-0.4, -0.2) is 54.5 Å². The third-order valence-electron chi connectivity index (χ3n) is 6.28. The van der Waals surface area contributed by atoms with E-state index >= 15 is 0 Å². The van der Waals surface area contributed by atoms with E-state index in [0.29, 0.717) is 12.2 Å². The number of nitrogens with zero attached hydrogens (tertiary/aromatic N) is 1. The summed E-state index contributed by atoms with van der Waals surface area (Å²) in [6.45, 7) is 3.09. The monoisotopic (exact) mass is 454 g/mol. The minimum absolute atomic E-state index is 0.215. The topological polar surface area (TPSA) is 113 Å². The molecule has 1 atom stereocenters. The molecule has 1 fully saturated rings. The van der Waals surface area contributed by atoms with Crippen molar-refractivity contribution in [3.8, 4) is 16.9 Å². The summed E-state index contributed by atoms with van der Waals surface area (Å²) in [5.41, 5.74) is 10.2. The fourth-order valence-electron chi connectivity index (χ4n) is 4.45. The Morgan fingerprint density at radius 3 is 2.48 bits per heavy atom. The van der Waals surface area contributed by atoms with Crippen molar-refractivity contribution < 1.29 is 24.4 Å². The molecule has 0 spiro atoms. The first kappa shape index (κ1) is 26.8. The molecule has 33 heavy (non-hydrogen) atoms. The summed E-state index contributed by atoms with van der Waals surface area (Å²) >= 11 is 0. The standard InChI is InChI=1S/C24H35BN2O3.CO2/c1-30-22-9-6-8-20(17-22)23-10-3-2-7-21(23)18-27-15-12-19(13-16-27)24(26)11-4-5-14-25(28)29;2-1-3/h2-3,6-10,17,19,24,28-29H,4-5,11-16,18,26H2,1H3;. The van der Waals surface area contributed by atoms with Crippen LogP contribution in [0.3, 0.4) is 0 Å². The molecule has 1 aliphatic rings. The number of piperidine rings is 1. The van der Waals surface area contributed by atoms with Crippen LogP contribution in [0.2, 0.25) is 6.32 Å². The lowest BCUT2D eigenvalue weighted by atomic mass is 9.82. The summed E-state index contributed by atoms with van der Waals surface area (Å²) in [6, 6.07) is 17.1. The number of unbranched alkanes of at least 4 members (excludes halogenated alkanes) is 1. The Labute approximate surface area is 196 Å². The van der Waals surface area contributed by atoms with Gasteiger partial charge in [-0.2, -0.15) is 9.59 Å². The molecule has 0 bridgehead atoms. The third kappa shape index (κ3) is 9.12. The van der Waals surface area contributed by atoms with Crippen LogP contribution < -0.4 is 10.5 Å². The molecule has 2 aromatic carbocycles. The predicted molar refractivity (Wildman–Crippen MR) is 128 cm³/mol. The molecule has 178 valence electrons. The van der Waals surface area contributed by atoms with Crippen LogP contribution in [0.25, 0.3) is 11.1 Å². The molecule has 3 rings (SSSR count). The molecule has 1 unspecified atom stereocenters. The first-order chi connectivity index (χ1) is 16.0. The Morgan fingerprint density at radius 2 is 1.82 bits per heavy atom. The number of hydrogen-bond acceptors (Lipinski definition) is 7. The van der Waals surface area contributed by atoms with Gasteiger partial charge in [-0.25, -0.2) is 0 Å². The molecular weight excluding hydrogens is 419 g/mol. The summed E-state index contributed by atoms with van der Waals surface area (Å²) < 4.78 is 5.40. The SMILES string of the molecule is COc1cccc(-c2ccccc2CN2CCC(C(N)CCCCB(O)O)CC2)c1.O=C=O. The van der Waals surface area contributed by atoms with Gasteiger partial charge in [0.1, 0.15) is 5.75 Å². The third-order valence-corrected chi connectivity index (χ3v) is 6.28. The Hall–Kier alpha value is -2.48. The molecule has 1 aliphatic heterocycles. The first-order valence-electron chi connectivity index (χ1n) is 11.5. The fraction of sp³-hybridized carbons (Fsp3) is 0.480. The number of ether oxygens (including phenoxy) is 1. The molecule has 1 saturated heterocycles. The zero-order valence-corrected chi connectivity index (χ0v) is 19.4. The second-order valence-electron chi connectivity index (χ2n) is 8.51. The summed E-state index contributed by atoms with van der Waals surface area (Å²) in [4.78, 5) is 18.8. The van der Waals surface area contributed by atoms with Gasteiger partial charge in [-0.1, -0.05) is 49.2 Å². The summed E-state index contributed by atoms with van der Waals surface area (Å²) in [5, 5.41) is 17.9. The Kier molecular flexibility index (Phi) is 11.9. The Bertz CT molecular complexity index is 865. The van der Waals surface area contributed by atoms with E-state index in [0.717, 1.165) is 57.5 Å². The maximum atomic E-state index is 8.95. The van der Waals surface area contributed by atoms with Gasteiger partial charge in [0, 0.05) is 12.6 Å². The highest BCUT2D eigenvalue weighted by Crippen LogP contribution is 2.29. The van der Waals surface area contributed by atoms with E-state index in [9.17, 15) is 0 Å². The van der Waals surface area contributed by atoms with Crippen LogP contribution in [-0.2, 0) is 16.1 Å². The Balaban J connectivity index is 0.00000122. The van der Waals surface area contributed by atoms with E-state index in [1.54, 1.807) is 7.11 Å². The lowest BCUT2D eigenvalue weighted by Crippen LogP contribution is -2.40. The molecular formula is C25H35BN2O5. The maximum absolute atomic E-state index is 8.95. The molecule has 0 aromatic heterocycles. The van der Waals surface area contributed by atoms with Crippen LogP contribution in [0.1, 0.15) is 37.7 Å². The molecule has 0 saturated carbocycles. The number of carbonyl (C=O) groups excluding carboxylic acids is 2. The highest BCUT2D eigenvalue weighted by molar-refractivity contribution is 6.40. The highest BCUT2D eigenvalue weighted by Gasteiger charge is 2.24. The van der Waals surface area contributed by atoms with Gasteiger partial charge in [0.2, 0.25) is 0 Å². The lowest BCUT2D eigenvalue weighted by molar-refractivity contribution is -0.191. The summed E-state index contributed by atoms with van der Waals surface area (Å²) in [7, 11) is 0.514. The van der Waals surface area contributed by atoms with E-state index in [4.69, 9.17) is 30.1 Å². The van der Waals surface area contributed by atoms with E-state index in [-0.39, 0.29) is 12.2 Å². The minimum Gasteiger partial charge on any atom is -0.497 e. The molecule has 7 nitrogen and oxygen atoms in total. The summed E-state index contributed by atoms with van der Waals surface area (Å²) in [5.74, 6) is 1.44. The molecule has 4 N–H and O–H groups in total. The van der Waals surface area contributed by atoms with Gasteiger partial charge < -0.3 is 20.5 Å². The number of rotatable bonds is 10.